The van der Waals surface area contributed by atoms with Crippen molar-refractivity contribution in [2.24, 2.45) is 0 Å². The zero-order valence-electron chi connectivity index (χ0n) is 6.03. The summed E-state index contributed by atoms with van der Waals surface area (Å²) in [5, 5.41) is 8.44. The van der Waals surface area contributed by atoms with E-state index in [1.807, 2.05) is 0 Å². The van der Waals surface area contributed by atoms with Crippen LogP contribution in [0.1, 0.15) is 20.3 Å². The summed E-state index contributed by atoms with van der Waals surface area (Å²) in [6.45, 7) is 3.52. The number of carboxylic acid groups (broad SMARTS) is 1. The molecule has 0 fully saturated rings. The van der Waals surface area contributed by atoms with Gasteiger partial charge in [-0.2, -0.15) is 25.3 Å². The Morgan fingerprint density at radius 3 is 2.20 bits per heavy atom. The molecule has 0 radical (unpaired) electrons. The van der Waals surface area contributed by atoms with Crippen LogP contribution in [0.3, 0.4) is 0 Å². The highest BCUT2D eigenvalue weighted by Gasteiger charge is 2.36. The molecule has 0 saturated heterocycles. The summed E-state index contributed by atoms with van der Waals surface area (Å²) in [5.74, 6) is -0.902. The highest BCUT2D eigenvalue weighted by molar-refractivity contribution is 7.86. The van der Waals surface area contributed by atoms with Crippen molar-refractivity contribution in [1.82, 2.24) is 0 Å². The molecule has 2 unspecified atom stereocenters. The number of thiol groups is 2. The molecule has 60 valence electrons. The summed E-state index contributed by atoms with van der Waals surface area (Å²) in [6, 6.07) is 0. The van der Waals surface area contributed by atoms with E-state index >= 15 is 0 Å². The molecule has 1 N–H and O–H groups in total. The monoisotopic (exact) mass is 180 g/mol. The molecule has 0 amide bonds. The van der Waals surface area contributed by atoms with Crippen molar-refractivity contribution < 1.29 is 9.90 Å². The molecule has 2 nitrogen and oxygen atoms in total. The molecule has 4 heteroatoms. The van der Waals surface area contributed by atoms with Crippen LogP contribution in [0.2, 0.25) is 0 Å². The fourth-order valence-electron chi connectivity index (χ4n) is 0.625. The van der Waals surface area contributed by atoms with Crippen molar-refractivity contribution in [1.29, 1.82) is 0 Å². The SMILES string of the molecule is CCC(S)(C(=O)O)C(C)S. The first-order valence-corrected chi connectivity index (χ1v) is 4.05. The van der Waals surface area contributed by atoms with Gasteiger partial charge in [-0.3, -0.25) is 4.79 Å². The molecule has 0 saturated carbocycles. The Kier molecular flexibility index (Phi) is 3.59. The van der Waals surface area contributed by atoms with Gasteiger partial charge in [0.25, 0.3) is 0 Å². The van der Waals surface area contributed by atoms with Gasteiger partial charge in [0, 0.05) is 5.25 Å². The van der Waals surface area contributed by atoms with Gasteiger partial charge < -0.3 is 5.11 Å². The number of hydrogen-bond acceptors (Lipinski definition) is 3. The van der Waals surface area contributed by atoms with Gasteiger partial charge in [0.15, 0.2) is 0 Å². The van der Waals surface area contributed by atoms with E-state index in [4.69, 9.17) is 5.11 Å². The third kappa shape index (κ3) is 1.83. The highest BCUT2D eigenvalue weighted by Crippen LogP contribution is 2.27. The Labute approximate surface area is 71.8 Å². The van der Waals surface area contributed by atoms with Crippen molar-refractivity contribution >= 4 is 31.2 Å². The average Bonchev–Trinajstić information content (AvgIpc) is 1.85. The first-order valence-electron chi connectivity index (χ1n) is 3.09. The predicted octanol–water partition coefficient (Wildman–Crippen LogP) is 1.47. The molecule has 0 aliphatic heterocycles. The molecule has 0 aliphatic carbocycles. The molecule has 2 atom stereocenters. The van der Waals surface area contributed by atoms with E-state index in [0.717, 1.165) is 0 Å². The maximum absolute atomic E-state index is 10.6. The first kappa shape index (κ1) is 10.2. The number of rotatable bonds is 3. The fraction of sp³-hybridized carbons (Fsp3) is 0.833. The van der Waals surface area contributed by atoms with Gasteiger partial charge in [0.1, 0.15) is 4.75 Å². The largest absolute Gasteiger partial charge is 0.480 e. The first-order chi connectivity index (χ1) is 4.45. The molecule has 0 aromatic heterocycles. The van der Waals surface area contributed by atoms with Crippen LogP contribution in [0, 0.1) is 0 Å². The summed E-state index contributed by atoms with van der Waals surface area (Å²) in [4.78, 5) is 10.6. The van der Waals surface area contributed by atoms with Crippen LogP contribution in [0.25, 0.3) is 0 Å². The van der Waals surface area contributed by atoms with Gasteiger partial charge in [-0.1, -0.05) is 13.8 Å². The van der Waals surface area contributed by atoms with Crippen molar-refractivity contribution in [3.8, 4) is 0 Å². The Morgan fingerprint density at radius 2 is 2.20 bits per heavy atom. The smallest absolute Gasteiger partial charge is 0.320 e. The van der Waals surface area contributed by atoms with Crippen LogP contribution in [0.15, 0.2) is 0 Å². The Balaban J connectivity index is 4.38. The van der Waals surface area contributed by atoms with Crippen molar-refractivity contribution in [3.63, 3.8) is 0 Å². The van der Waals surface area contributed by atoms with Gasteiger partial charge in [0.05, 0.1) is 0 Å². The quantitative estimate of drug-likeness (QED) is 0.575. The van der Waals surface area contributed by atoms with Crippen LogP contribution in [0.5, 0.6) is 0 Å². The van der Waals surface area contributed by atoms with Crippen LogP contribution in [-0.4, -0.2) is 21.1 Å². The number of carboxylic acids is 1. The molecule has 0 heterocycles. The lowest BCUT2D eigenvalue weighted by atomic mass is 10.0. The lowest BCUT2D eigenvalue weighted by Crippen LogP contribution is -2.39. The lowest BCUT2D eigenvalue weighted by molar-refractivity contribution is -0.139. The Morgan fingerprint density at radius 1 is 1.80 bits per heavy atom. The number of aliphatic carboxylic acids is 1. The minimum atomic E-state index is -0.983. The van der Waals surface area contributed by atoms with Gasteiger partial charge in [-0.05, 0) is 6.42 Å². The Bertz CT molecular complexity index is 136. The molecule has 0 rings (SSSR count). The van der Waals surface area contributed by atoms with E-state index < -0.39 is 10.7 Å². The van der Waals surface area contributed by atoms with Crippen molar-refractivity contribution in [3.05, 3.63) is 0 Å². The van der Waals surface area contributed by atoms with Gasteiger partial charge in [0.2, 0.25) is 0 Å². The molecule has 10 heavy (non-hydrogen) atoms. The van der Waals surface area contributed by atoms with Crippen molar-refractivity contribution in [2.75, 3.05) is 0 Å². The van der Waals surface area contributed by atoms with Gasteiger partial charge in [-0.15, -0.1) is 0 Å². The second-order valence-electron chi connectivity index (χ2n) is 2.26. The van der Waals surface area contributed by atoms with E-state index in [1.54, 1.807) is 13.8 Å². The normalized spacial score (nSPS) is 19.6. The number of hydrogen-bond donors (Lipinski definition) is 3. The van der Waals surface area contributed by atoms with Crippen LogP contribution >= 0.6 is 25.3 Å². The Hall–Kier alpha value is 0.170. The summed E-state index contributed by atoms with van der Waals surface area (Å²) < 4.78 is -0.983. The van der Waals surface area contributed by atoms with Crippen LogP contribution in [-0.2, 0) is 4.79 Å². The fourth-order valence-corrected chi connectivity index (χ4v) is 0.918. The zero-order chi connectivity index (χ0) is 8.36. The second-order valence-corrected chi connectivity index (χ2v) is 3.83. The topological polar surface area (TPSA) is 37.3 Å². The van der Waals surface area contributed by atoms with Crippen molar-refractivity contribution in [2.45, 2.75) is 30.3 Å². The van der Waals surface area contributed by atoms with E-state index in [9.17, 15) is 4.79 Å². The summed E-state index contributed by atoms with van der Waals surface area (Å²) in [5.41, 5.74) is 0. The van der Waals surface area contributed by atoms with E-state index in [-0.39, 0.29) is 5.25 Å². The average molecular weight is 180 g/mol. The minimum Gasteiger partial charge on any atom is -0.480 e. The molecule has 0 bridgehead atoms. The molecular formula is C6H12O2S2. The molecule has 0 aliphatic rings. The second kappa shape index (κ2) is 3.53. The third-order valence-corrected chi connectivity index (χ3v) is 3.14. The summed E-state index contributed by atoms with van der Waals surface area (Å²) in [7, 11) is 0. The van der Waals surface area contributed by atoms with Crippen LogP contribution < -0.4 is 0 Å². The lowest BCUT2D eigenvalue weighted by Gasteiger charge is -2.25. The molecule has 0 aromatic carbocycles. The minimum absolute atomic E-state index is 0.238. The summed E-state index contributed by atoms with van der Waals surface area (Å²) >= 11 is 8.07. The van der Waals surface area contributed by atoms with Gasteiger partial charge >= 0.3 is 5.97 Å². The van der Waals surface area contributed by atoms with Gasteiger partial charge in [-0.25, -0.2) is 0 Å². The zero-order valence-corrected chi connectivity index (χ0v) is 7.82. The number of carbonyl (C=O) groups is 1. The van der Waals surface area contributed by atoms with E-state index in [2.05, 4.69) is 25.3 Å². The highest BCUT2D eigenvalue weighted by atomic mass is 32.1. The van der Waals surface area contributed by atoms with Crippen LogP contribution in [0.4, 0.5) is 0 Å². The predicted molar refractivity (Wildman–Crippen MR) is 48.1 cm³/mol. The molecule has 0 spiro atoms. The van der Waals surface area contributed by atoms with E-state index in [1.165, 1.54) is 0 Å². The maximum Gasteiger partial charge on any atom is 0.320 e. The van der Waals surface area contributed by atoms with E-state index in [0.29, 0.717) is 6.42 Å². The summed E-state index contributed by atoms with van der Waals surface area (Å²) in [6.07, 6.45) is 0.482. The third-order valence-electron chi connectivity index (χ3n) is 1.60. The molecular weight excluding hydrogens is 168 g/mol. The maximum atomic E-state index is 10.6. The standard InChI is InChI=1S/C6H12O2S2/c1-3-6(10,4(2)9)5(7)8/h4,9-10H,3H2,1-2H3,(H,7,8). The molecule has 0 aromatic rings.